The third-order valence-corrected chi connectivity index (χ3v) is 5.01. The van der Waals surface area contributed by atoms with E-state index >= 15 is 0 Å². The Morgan fingerprint density at radius 2 is 1.91 bits per heavy atom. The number of fused-ring (bicyclic) bond motifs is 2. The normalized spacial score (nSPS) is 12.7. The number of amides is 2. The number of hydrazone groups is 1. The Morgan fingerprint density at radius 3 is 2.74 bits per heavy atom. The number of carbonyl (C=O) groups is 2. The highest BCUT2D eigenvalue weighted by molar-refractivity contribution is 5.96. The van der Waals surface area contributed by atoms with Gasteiger partial charge < -0.3 is 15.0 Å². The minimum absolute atomic E-state index is 0.254. The van der Waals surface area contributed by atoms with E-state index in [0.29, 0.717) is 11.1 Å². The van der Waals surface area contributed by atoms with Gasteiger partial charge in [-0.3, -0.25) is 14.8 Å². The minimum atomic E-state index is -0.904. The van der Waals surface area contributed by atoms with E-state index in [1.54, 1.807) is 33.2 Å². The molecule has 9 heteroatoms. The Kier molecular flexibility index (Phi) is 6.53. The summed E-state index contributed by atoms with van der Waals surface area (Å²) in [5.74, 6) is -0.473. The number of aromatic amines is 1. The van der Waals surface area contributed by atoms with Crippen molar-refractivity contribution in [3.63, 3.8) is 0 Å². The third kappa shape index (κ3) is 5.55. The number of H-pyrrole nitrogens is 1. The molecule has 2 aromatic carbocycles. The lowest BCUT2D eigenvalue weighted by Crippen LogP contribution is -2.48. The highest BCUT2D eigenvalue weighted by atomic mass is 16.6. The smallest absolute Gasteiger partial charge is 0.408 e. The summed E-state index contributed by atoms with van der Waals surface area (Å²) >= 11 is 0. The van der Waals surface area contributed by atoms with Gasteiger partial charge in [-0.1, -0.05) is 30.3 Å². The van der Waals surface area contributed by atoms with Gasteiger partial charge in [0, 0.05) is 41.5 Å². The first-order valence-electron chi connectivity index (χ1n) is 10.9. The second-order valence-electron chi connectivity index (χ2n) is 8.77. The molecule has 34 heavy (non-hydrogen) atoms. The van der Waals surface area contributed by atoms with Crippen LogP contribution in [-0.4, -0.2) is 44.8 Å². The molecule has 0 bridgehead atoms. The number of alkyl carbamates (subject to hydrolysis) is 1. The van der Waals surface area contributed by atoms with Crippen LogP contribution in [-0.2, 0) is 16.0 Å². The Labute approximate surface area is 196 Å². The maximum absolute atomic E-state index is 13.0. The van der Waals surface area contributed by atoms with Crippen LogP contribution in [0.2, 0.25) is 0 Å². The van der Waals surface area contributed by atoms with Crippen LogP contribution < -0.4 is 10.7 Å². The molecule has 4 rings (SSSR count). The molecule has 2 heterocycles. The Morgan fingerprint density at radius 1 is 1.12 bits per heavy atom. The molecule has 9 nitrogen and oxygen atoms in total. The molecule has 0 radical (unpaired) electrons. The molecule has 1 atom stereocenters. The number of nitrogens with one attached hydrogen (secondary N) is 3. The van der Waals surface area contributed by atoms with Crippen LogP contribution in [0.5, 0.6) is 0 Å². The summed E-state index contributed by atoms with van der Waals surface area (Å²) in [6.07, 6.45) is 6.12. The van der Waals surface area contributed by atoms with Crippen molar-refractivity contribution in [1.82, 2.24) is 25.7 Å². The van der Waals surface area contributed by atoms with Crippen LogP contribution in [0.25, 0.3) is 21.9 Å². The zero-order valence-electron chi connectivity index (χ0n) is 19.2. The second kappa shape index (κ2) is 9.70. The van der Waals surface area contributed by atoms with Gasteiger partial charge in [-0.15, -0.1) is 0 Å². The minimum Gasteiger partial charge on any atom is -0.444 e. The molecule has 4 aromatic rings. The molecule has 0 unspecified atom stereocenters. The SMILES string of the molecule is CC(C)(C)OC(=O)N[C@@H](Cc1c[nH]c2ccccc12)C(=O)NN=Cc1cccc2nccnc12. The van der Waals surface area contributed by atoms with E-state index in [1.165, 1.54) is 6.21 Å². The number of nitrogens with zero attached hydrogens (tertiary/aromatic N) is 3. The summed E-state index contributed by atoms with van der Waals surface area (Å²) in [7, 11) is 0. The van der Waals surface area contributed by atoms with Gasteiger partial charge in [0.15, 0.2) is 0 Å². The van der Waals surface area contributed by atoms with E-state index in [1.807, 2.05) is 48.7 Å². The van der Waals surface area contributed by atoms with Crippen molar-refractivity contribution in [1.29, 1.82) is 0 Å². The monoisotopic (exact) mass is 458 g/mol. The fourth-order valence-corrected chi connectivity index (χ4v) is 3.54. The number of para-hydroxylation sites is 2. The lowest BCUT2D eigenvalue weighted by molar-refractivity contribution is -0.123. The van der Waals surface area contributed by atoms with Crippen LogP contribution in [0.15, 0.2) is 66.2 Å². The molecular formula is C25H26N6O3. The molecule has 0 aliphatic rings. The van der Waals surface area contributed by atoms with Gasteiger partial charge in [0.05, 0.1) is 17.2 Å². The molecular weight excluding hydrogens is 432 g/mol. The predicted octanol–water partition coefficient (Wildman–Crippen LogP) is 3.70. The van der Waals surface area contributed by atoms with Gasteiger partial charge in [-0.2, -0.15) is 5.10 Å². The molecule has 0 saturated heterocycles. The van der Waals surface area contributed by atoms with E-state index in [0.717, 1.165) is 22.0 Å². The fourth-order valence-electron chi connectivity index (χ4n) is 3.54. The standard InChI is InChI=1S/C25H26N6O3/c1-25(2,3)34-24(33)30-21(13-17-14-28-19-9-5-4-8-18(17)19)23(32)31-29-15-16-7-6-10-20-22(16)27-12-11-26-20/h4-12,14-15,21,28H,13H2,1-3H3,(H,30,33)(H,31,32)/t21-/m0/s1. The van der Waals surface area contributed by atoms with Crippen molar-refractivity contribution in [2.45, 2.75) is 38.8 Å². The number of hydrogen-bond donors (Lipinski definition) is 3. The van der Waals surface area contributed by atoms with Crippen LogP contribution in [0, 0.1) is 0 Å². The van der Waals surface area contributed by atoms with Crippen molar-refractivity contribution in [3.8, 4) is 0 Å². The summed E-state index contributed by atoms with van der Waals surface area (Å²) < 4.78 is 5.36. The topological polar surface area (TPSA) is 121 Å². The van der Waals surface area contributed by atoms with Crippen molar-refractivity contribution in [2.75, 3.05) is 0 Å². The summed E-state index contributed by atoms with van der Waals surface area (Å²) in [4.78, 5) is 37.2. The van der Waals surface area contributed by atoms with Gasteiger partial charge in [-0.25, -0.2) is 10.2 Å². The molecule has 0 aliphatic heterocycles. The zero-order chi connectivity index (χ0) is 24.1. The average Bonchev–Trinajstić information content (AvgIpc) is 3.20. The number of carbonyl (C=O) groups excluding carboxylic acids is 2. The quantitative estimate of drug-likeness (QED) is 0.300. The Bertz CT molecular complexity index is 1350. The van der Waals surface area contributed by atoms with Gasteiger partial charge in [0.2, 0.25) is 0 Å². The highest BCUT2D eigenvalue weighted by Crippen LogP contribution is 2.19. The van der Waals surface area contributed by atoms with Gasteiger partial charge in [-0.05, 0) is 38.5 Å². The lowest BCUT2D eigenvalue weighted by Gasteiger charge is -2.22. The van der Waals surface area contributed by atoms with Crippen molar-refractivity contribution in [3.05, 3.63) is 72.2 Å². The van der Waals surface area contributed by atoms with Crippen LogP contribution in [0.3, 0.4) is 0 Å². The summed E-state index contributed by atoms with van der Waals surface area (Å²) in [5.41, 5.74) is 5.77. The Balaban J connectivity index is 1.52. The second-order valence-corrected chi connectivity index (χ2v) is 8.77. The van der Waals surface area contributed by atoms with Crippen LogP contribution in [0.1, 0.15) is 31.9 Å². The lowest BCUT2D eigenvalue weighted by atomic mass is 10.0. The predicted molar refractivity (Wildman–Crippen MR) is 130 cm³/mol. The van der Waals surface area contributed by atoms with Crippen molar-refractivity contribution < 1.29 is 14.3 Å². The summed E-state index contributed by atoms with van der Waals surface area (Å²) in [6, 6.07) is 12.4. The van der Waals surface area contributed by atoms with Gasteiger partial charge in [0.1, 0.15) is 11.6 Å². The zero-order valence-corrected chi connectivity index (χ0v) is 19.2. The van der Waals surface area contributed by atoms with Gasteiger partial charge in [0.25, 0.3) is 5.91 Å². The molecule has 0 aliphatic carbocycles. The first-order valence-corrected chi connectivity index (χ1v) is 10.9. The maximum Gasteiger partial charge on any atom is 0.408 e. The summed E-state index contributed by atoms with van der Waals surface area (Å²) in [5, 5.41) is 7.74. The molecule has 174 valence electrons. The largest absolute Gasteiger partial charge is 0.444 e. The summed E-state index contributed by atoms with van der Waals surface area (Å²) in [6.45, 7) is 5.29. The Hall–Kier alpha value is -4.27. The van der Waals surface area contributed by atoms with E-state index in [2.05, 4.69) is 30.8 Å². The first kappa shape index (κ1) is 22.9. The van der Waals surface area contributed by atoms with E-state index in [4.69, 9.17) is 4.74 Å². The maximum atomic E-state index is 13.0. The van der Waals surface area contributed by atoms with Gasteiger partial charge >= 0.3 is 6.09 Å². The van der Waals surface area contributed by atoms with Crippen molar-refractivity contribution in [2.24, 2.45) is 5.10 Å². The number of rotatable bonds is 6. The molecule has 0 spiro atoms. The number of aromatic nitrogens is 3. The molecule has 0 fully saturated rings. The van der Waals surface area contributed by atoms with E-state index < -0.39 is 23.6 Å². The van der Waals surface area contributed by atoms with E-state index in [-0.39, 0.29) is 6.42 Å². The van der Waals surface area contributed by atoms with Crippen molar-refractivity contribution >= 4 is 40.2 Å². The number of hydrogen-bond acceptors (Lipinski definition) is 6. The number of benzene rings is 2. The molecule has 3 N–H and O–H groups in total. The first-order chi connectivity index (χ1) is 16.3. The highest BCUT2D eigenvalue weighted by Gasteiger charge is 2.25. The number of ether oxygens (including phenoxy) is 1. The van der Waals surface area contributed by atoms with Crippen LogP contribution in [0.4, 0.5) is 4.79 Å². The fraction of sp³-hybridized carbons (Fsp3) is 0.240. The average molecular weight is 459 g/mol. The molecule has 2 amide bonds. The van der Waals surface area contributed by atoms with E-state index in [9.17, 15) is 9.59 Å². The third-order valence-electron chi connectivity index (χ3n) is 5.01. The molecule has 0 saturated carbocycles. The molecule has 2 aromatic heterocycles. The van der Waals surface area contributed by atoms with Crippen LogP contribution >= 0.6 is 0 Å².